The van der Waals surface area contributed by atoms with Crippen molar-refractivity contribution in [2.24, 2.45) is 0 Å². The highest BCUT2D eigenvalue weighted by molar-refractivity contribution is 5.81. The molecular weight excluding hydrogens is 236 g/mol. The van der Waals surface area contributed by atoms with E-state index < -0.39 is 0 Å². The van der Waals surface area contributed by atoms with E-state index in [1.165, 1.54) is 0 Å². The number of rotatable bonds is 1. The molecule has 1 aromatic carbocycles. The van der Waals surface area contributed by atoms with Crippen LogP contribution in [0.25, 0.3) is 22.4 Å². The van der Waals surface area contributed by atoms with E-state index in [9.17, 15) is 0 Å². The fourth-order valence-corrected chi connectivity index (χ4v) is 2.14. The Hall–Kier alpha value is -2.67. The average Bonchev–Trinajstić information content (AvgIpc) is 2.80. The Bertz CT molecular complexity index is 809. The summed E-state index contributed by atoms with van der Waals surface area (Å²) in [6, 6.07) is 11.5. The summed E-state index contributed by atoms with van der Waals surface area (Å²) < 4.78 is 0. The Morgan fingerprint density at radius 3 is 2.68 bits per heavy atom. The van der Waals surface area contributed by atoms with Crippen molar-refractivity contribution >= 4 is 11.0 Å². The minimum absolute atomic E-state index is 0.626. The molecule has 3 rings (SSSR count). The molecule has 92 valence electrons. The molecule has 0 saturated carbocycles. The molecule has 0 fully saturated rings. The van der Waals surface area contributed by atoms with Crippen molar-refractivity contribution in [3.8, 4) is 17.5 Å². The molecule has 4 heteroatoms. The zero-order valence-electron chi connectivity index (χ0n) is 10.7. The molecule has 3 aromatic rings. The second kappa shape index (κ2) is 4.21. The molecule has 0 amide bonds. The predicted octanol–water partition coefficient (Wildman–Crippen LogP) is 3.11. The molecule has 0 aliphatic heterocycles. The number of nitriles is 1. The molecule has 4 nitrogen and oxygen atoms in total. The lowest BCUT2D eigenvalue weighted by molar-refractivity contribution is 1.11. The van der Waals surface area contributed by atoms with Crippen molar-refractivity contribution in [3.05, 3.63) is 47.3 Å². The molecule has 0 radical (unpaired) electrons. The Kier molecular flexibility index (Phi) is 2.53. The van der Waals surface area contributed by atoms with Gasteiger partial charge >= 0.3 is 0 Å². The minimum atomic E-state index is 0.626. The molecule has 0 bridgehead atoms. The van der Waals surface area contributed by atoms with Gasteiger partial charge in [0, 0.05) is 17.0 Å². The van der Waals surface area contributed by atoms with Gasteiger partial charge in [0.15, 0.2) is 0 Å². The van der Waals surface area contributed by atoms with Crippen molar-refractivity contribution in [1.29, 1.82) is 5.26 Å². The Morgan fingerprint density at radius 1 is 1.11 bits per heavy atom. The third-order valence-electron chi connectivity index (χ3n) is 3.09. The fourth-order valence-electron chi connectivity index (χ4n) is 2.14. The van der Waals surface area contributed by atoms with Crippen molar-refractivity contribution < 1.29 is 0 Å². The van der Waals surface area contributed by atoms with E-state index in [1.54, 1.807) is 6.07 Å². The molecule has 0 spiro atoms. The molecule has 0 unspecified atom stereocenters. The highest BCUT2D eigenvalue weighted by Crippen LogP contribution is 2.23. The van der Waals surface area contributed by atoms with Crippen molar-refractivity contribution in [2.75, 3.05) is 0 Å². The van der Waals surface area contributed by atoms with E-state index in [4.69, 9.17) is 5.26 Å². The number of nitrogens with one attached hydrogen (secondary N) is 1. The highest BCUT2D eigenvalue weighted by atomic mass is 14.9. The summed E-state index contributed by atoms with van der Waals surface area (Å²) in [4.78, 5) is 12.2. The number of hydrogen-bond acceptors (Lipinski definition) is 3. The largest absolute Gasteiger partial charge is 0.338 e. The third-order valence-corrected chi connectivity index (χ3v) is 3.09. The number of nitrogens with zero attached hydrogens (tertiary/aromatic N) is 3. The maximum atomic E-state index is 8.90. The van der Waals surface area contributed by atoms with E-state index in [0.29, 0.717) is 5.56 Å². The van der Waals surface area contributed by atoms with Crippen LogP contribution in [0.15, 0.2) is 30.3 Å². The van der Waals surface area contributed by atoms with Gasteiger partial charge in [-0.15, -0.1) is 0 Å². The summed E-state index contributed by atoms with van der Waals surface area (Å²) in [5.41, 5.74) is 5.27. The molecule has 0 aliphatic rings. The van der Waals surface area contributed by atoms with Gasteiger partial charge in [-0.25, -0.2) is 4.98 Å². The van der Waals surface area contributed by atoms with Gasteiger partial charge in [0.1, 0.15) is 5.82 Å². The first kappa shape index (κ1) is 11.4. The van der Waals surface area contributed by atoms with Gasteiger partial charge in [0.25, 0.3) is 0 Å². The predicted molar refractivity (Wildman–Crippen MR) is 73.5 cm³/mol. The summed E-state index contributed by atoms with van der Waals surface area (Å²) in [5, 5.41) is 8.90. The summed E-state index contributed by atoms with van der Waals surface area (Å²) in [7, 11) is 0. The number of benzene rings is 1. The van der Waals surface area contributed by atoms with Crippen LogP contribution in [0, 0.1) is 25.2 Å². The lowest BCUT2D eigenvalue weighted by atomic mass is 10.2. The number of imidazole rings is 1. The molecule has 0 saturated heterocycles. The smallest absolute Gasteiger partial charge is 0.140 e. The summed E-state index contributed by atoms with van der Waals surface area (Å²) in [6.45, 7) is 3.94. The second-order valence-electron chi connectivity index (χ2n) is 4.51. The normalized spacial score (nSPS) is 10.6. The Balaban J connectivity index is 2.18. The topological polar surface area (TPSA) is 65.4 Å². The Labute approximate surface area is 110 Å². The second-order valence-corrected chi connectivity index (χ2v) is 4.51. The van der Waals surface area contributed by atoms with Gasteiger partial charge in [-0.3, -0.25) is 4.98 Å². The van der Waals surface area contributed by atoms with Crippen molar-refractivity contribution in [3.63, 3.8) is 0 Å². The van der Waals surface area contributed by atoms with Crippen LogP contribution in [0.5, 0.6) is 0 Å². The van der Waals surface area contributed by atoms with Gasteiger partial charge in [0.05, 0.1) is 22.7 Å². The molecule has 2 heterocycles. The first-order chi connectivity index (χ1) is 9.17. The van der Waals surface area contributed by atoms with Crippen LogP contribution in [-0.2, 0) is 0 Å². The monoisotopic (exact) mass is 248 g/mol. The molecule has 2 aromatic heterocycles. The maximum absolute atomic E-state index is 8.90. The minimum Gasteiger partial charge on any atom is -0.338 e. The molecule has 0 atom stereocenters. The van der Waals surface area contributed by atoms with Crippen LogP contribution < -0.4 is 0 Å². The summed E-state index contributed by atoms with van der Waals surface area (Å²) in [5.74, 6) is 0.787. The van der Waals surface area contributed by atoms with Crippen LogP contribution >= 0.6 is 0 Å². The van der Waals surface area contributed by atoms with E-state index in [-0.39, 0.29) is 0 Å². The molecule has 0 aliphatic carbocycles. The van der Waals surface area contributed by atoms with E-state index >= 15 is 0 Å². The number of H-pyrrole nitrogens is 1. The average molecular weight is 248 g/mol. The van der Waals surface area contributed by atoms with Crippen LogP contribution in [0.3, 0.4) is 0 Å². The number of fused-ring (bicyclic) bond motifs is 1. The van der Waals surface area contributed by atoms with Crippen LogP contribution in [-0.4, -0.2) is 15.0 Å². The standard InChI is InChI=1S/C15H12N4/c1-9-3-5-12(10(2)17-9)15-18-13-6-4-11(8-16)7-14(13)19-15/h3-7H,1-2H3,(H,18,19). The van der Waals surface area contributed by atoms with Crippen molar-refractivity contribution in [2.45, 2.75) is 13.8 Å². The van der Waals surface area contributed by atoms with Gasteiger partial charge < -0.3 is 4.98 Å². The van der Waals surface area contributed by atoms with Crippen LogP contribution in [0.4, 0.5) is 0 Å². The van der Waals surface area contributed by atoms with Gasteiger partial charge in [0.2, 0.25) is 0 Å². The van der Waals surface area contributed by atoms with E-state index in [1.807, 2.05) is 38.1 Å². The number of aromatic nitrogens is 3. The van der Waals surface area contributed by atoms with Gasteiger partial charge in [-0.05, 0) is 44.2 Å². The highest BCUT2D eigenvalue weighted by Gasteiger charge is 2.09. The third kappa shape index (κ3) is 1.95. The van der Waals surface area contributed by atoms with Gasteiger partial charge in [-0.2, -0.15) is 5.26 Å². The van der Waals surface area contributed by atoms with Crippen LogP contribution in [0.2, 0.25) is 0 Å². The summed E-state index contributed by atoms with van der Waals surface area (Å²) >= 11 is 0. The van der Waals surface area contributed by atoms with Gasteiger partial charge in [-0.1, -0.05) is 0 Å². The number of hydrogen-bond donors (Lipinski definition) is 1. The first-order valence-electron chi connectivity index (χ1n) is 6.02. The number of aryl methyl sites for hydroxylation is 2. The zero-order chi connectivity index (χ0) is 13.4. The van der Waals surface area contributed by atoms with Crippen molar-refractivity contribution in [1.82, 2.24) is 15.0 Å². The molecule has 1 N–H and O–H groups in total. The molecule has 19 heavy (non-hydrogen) atoms. The Morgan fingerprint density at radius 2 is 1.95 bits per heavy atom. The fraction of sp³-hybridized carbons (Fsp3) is 0.133. The number of aromatic amines is 1. The zero-order valence-corrected chi connectivity index (χ0v) is 10.7. The quantitative estimate of drug-likeness (QED) is 0.719. The lowest BCUT2D eigenvalue weighted by Crippen LogP contribution is -1.91. The lowest BCUT2D eigenvalue weighted by Gasteiger charge is -2.02. The summed E-state index contributed by atoms with van der Waals surface area (Å²) in [6.07, 6.45) is 0. The maximum Gasteiger partial charge on any atom is 0.140 e. The first-order valence-corrected chi connectivity index (χ1v) is 6.02. The number of pyridine rings is 1. The van der Waals surface area contributed by atoms with E-state index in [0.717, 1.165) is 33.8 Å². The van der Waals surface area contributed by atoms with E-state index in [2.05, 4.69) is 21.0 Å². The molecular formula is C15H12N4. The SMILES string of the molecule is Cc1ccc(-c2nc3ccc(C#N)cc3[nH]2)c(C)n1. The van der Waals surface area contributed by atoms with Crippen LogP contribution in [0.1, 0.15) is 17.0 Å².